The SMILES string of the molecule is CCN(C(=O)[C@@H]1[C@@H](Cc2ccnc(N)c2)C(=O)N1C(=O)C[C@@H](C1CCCCC1)C(F)(F)F)c1ncccn1. The molecule has 2 aliphatic rings. The average molecular weight is 533 g/mol. The summed E-state index contributed by atoms with van der Waals surface area (Å²) < 4.78 is 42.1. The molecule has 0 spiro atoms. The molecular weight excluding hydrogens is 501 g/mol. The third-order valence-electron chi connectivity index (χ3n) is 7.45. The van der Waals surface area contributed by atoms with Crippen molar-refractivity contribution in [3.63, 3.8) is 0 Å². The van der Waals surface area contributed by atoms with Crippen molar-refractivity contribution in [3.8, 4) is 0 Å². The van der Waals surface area contributed by atoms with Gasteiger partial charge in [-0.25, -0.2) is 15.0 Å². The summed E-state index contributed by atoms with van der Waals surface area (Å²) in [6.45, 7) is 1.82. The zero-order valence-electron chi connectivity index (χ0n) is 21.1. The number of hydrogen-bond donors (Lipinski definition) is 1. The van der Waals surface area contributed by atoms with Crippen molar-refractivity contribution in [2.24, 2.45) is 17.8 Å². The van der Waals surface area contributed by atoms with Gasteiger partial charge in [0.1, 0.15) is 11.9 Å². The number of β-lactam (4-membered cyclic amide) rings is 1. The number of rotatable bonds is 8. The Morgan fingerprint density at radius 2 is 1.82 bits per heavy atom. The predicted octanol–water partition coefficient (Wildman–Crippen LogP) is 3.55. The molecular formula is C26H31F3N6O3. The summed E-state index contributed by atoms with van der Waals surface area (Å²) >= 11 is 0. The van der Waals surface area contributed by atoms with Crippen LogP contribution in [-0.2, 0) is 20.8 Å². The van der Waals surface area contributed by atoms with E-state index in [0.717, 1.165) is 6.42 Å². The minimum Gasteiger partial charge on any atom is -0.384 e. The van der Waals surface area contributed by atoms with E-state index in [1.54, 1.807) is 25.1 Å². The van der Waals surface area contributed by atoms with E-state index >= 15 is 0 Å². The Morgan fingerprint density at radius 3 is 2.42 bits per heavy atom. The number of hydrogen-bond acceptors (Lipinski definition) is 7. The van der Waals surface area contributed by atoms with Gasteiger partial charge in [-0.1, -0.05) is 19.3 Å². The number of likely N-dealkylation sites (N-methyl/N-ethyl adjacent to an activating group) is 1. The van der Waals surface area contributed by atoms with E-state index in [-0.39, 0.29) is 24.7 Å². The van der Waals surface area contributed by atoms with E-state index in [2.05, 4.69) is 15.0 Å². The molecule has 2 aromatic rings. The van der Waals surface area contributed by atoms with Gasteiger partial charge in [0.15, 0.2) is 0 Å². The maximum atomic E-state index is 14.0. The van der Waals surface area contributed by atoms with Crippen LogP contribution in [-0.4, -0.2) is 56.3 Å². The predicted molar refractivity (Wildman–Crippen MR) is 132 cm³/mol. The lowest BCUT2D eigenvalue weighted by Gasteiger charge is -2.46. The van der Waals surface area contributed by atoms with Gasteiger partial charge in [-0.3, -0.25) is 24.2 Å². The number of nitrogen functional groups attached to an aromatic ring is 1. The summed E-state index contributed by atoms with van der Waals surface area (Å²) in [5.74, 6) is -5.50. The quantitative estimate of drug-likeness (QED) is 0.516. The van der Waals surface area contributed by atoms with Gasteiger partial charge in [-0.15, -0.1) is 0 Å². The Labute approximate surface area is 218 Å². The first kappa shape index (κ1) is 27.5. The number of amides is 3. The van der Waals surface area contributed by atoms with Gasteiger partial charge in [0.05, 0.1) is 11.8 Å². The highest BCUT2D eigenvalue weighted by Crippen LogP contribution is 2.43. The van der Waals surface area contributed by atoms with Crippen LogP contribution in [0.5, 0.6) is 0 Å². The summed E-state index contributed by atoms with van der Waals surface area (Å²) in [5, 5.41) is 0. The van der Waals surface area contributed by atoms with Crippen LogP contribution >= 0.6 is 0 Å². The van der Waals surface area contributed by atoms with Crippen LogP contribution in [0.4, 0.5) is 24.9 Å². The number of carbonyl (C=O) groups excluding carboxylic acids is 3. The highest BCUT2D eigenvalue weighted by atomic mass is 19.4. The molecule has 204 valence electrons. The number of anilines is 2. The molecule has 0 radical (unpaired) electrons. The van der Waals surface area contributed by atoms with Crippen molar-refractivity contribution in [1.82, 2.24) is 19.9 Å². The van der Waals surface area contributed by atoms with E-state index in [0.29, 0.717) is 36.1 Å². The number of aromatic nitrogens is 3. The molecule has 1 aliphatic heterocycles. The minimum atomic E-state index is -4.59. The Balaban J connectivity index is 1.62. The standard InChI is InChI=1S/C26H31F3N6O3/c1-2-34(25-32-10-6-11-33-25)24(38)22-18(13-16-9-12-31-20(30)14-16)23(37)35(22)21(36)15-19(26(27,28)29)17-7-4-3-5-8-17/h6,9-12,14,17-19,22H,2-5,7-8,13,15H2,1H3,(H2,30,31)/t18-,19+,22+/m1/s1. The minimum absolute atomic E-state index is 0.0737. The van der Waals surface area contributed by atoms with Gasteiger partial charge in [-0.05, 0) is 55.9 Å². The van der Waals surface area contributed by atoms with Crippen molar-refractivity contribution in [3.05, 3.63) is 42.4 Å². The smallest absolute Gasteiger partial charge is 0.384 e. The fourth-order valence-corrected chi connectivity index (χ4v) is 5.54. The number of nitrogens with two attached hydrogens (primary N) is 1. The summed E-state index contributed by atoms with van der Waals surface area (Å²) in [7, 11) is 0. The van der Waals surface area contributed by atoms with E-state index in [4.69, 9.17) is 5.73 Å². The van der Waals surface area contributed by atoms with Crippen LogP contribution in [0.2, 0.25) is 0 Å². The molecule has 0 aromatic carbocycles. The van der Waals surface area contributed by atoms with Gasteiger partial charge < -0.3 is 5.73 Å². The second-order valence-electron chi connectivity index (χ2n) is 9.83. The third-order valence-corrected chi connectivity index (χ3v) is 7.45. The van der Waals surface area contributed by atoms with Crippen molar-refractivity contribution >= 4 is 29.5 Å². The molecule has 38 heavy (non-hydrogen) atoms. The maximum absolute atomic E-state index is 14.0. The molecule has 1 saturated heterocycles. The van der Waals surface area contributed by atoms with E-state index in [9.17, 15) is 27.6 Å². The Morgan fingerprint density at radius 1 is 1.13 bits per heavy atom. The van der Waals surface area contributed by atoms with Crippen LogP contribution in [0.15, 0.2) is 36.8 Å². The van der Waals surface area contributed by atoms with Crippen molar-refractivity contribution < 1.29 is 27.6 Å². The first-order valence-corrected chi connectivity index (χ1v) is 12.8. The number of likely N-dealkylation sites (tertiary alicyclic amines) is 1. The molecule has 12 heteroatoms. The van der Waals surface area contributed by atoms with Crippen LogP contribution < -0.4 is 10.6 Å². The second-order valence-corrected chi connectivity index (χ2v) is 9.83. The van der Waals surface area contributed by atoms with Crippen LogP contribution in [0.25, 0.3) is 0 Å². The summed E-state index contributed by atoms with van der Waals surface area (Å²) in [6.07, 6.45) is 1.95. The largest absolute Gasteiger partial charge is 0.392 e. The fourth-order valence-electron chi connectivity index (χ4n) is 5.54. The number of halogens is 3. The maximum Gasteiger partial charge on any atom is 0.392 e. The molecule has 9 nitrogen and oxygen atoms in total. The van der Waals surface area contributed by atoms with Crippen molar-refractivity contribution in [2.45, 2.75) is 64.1 Å². The summed E-state index contributed by atoms with van der Waals surface area (Å²) in [6, 6.07) is 3.48. The molecule has 3 heterocycles. The second kappa shape index (κ2) is 11.4. The van der Waals surface area contributed by atoms with Crippen LogP contribution in [0, 0.1) is 17.8 Å². The van der Waals surface area contributed by atoms with Gasteiger partial charge in [0, 0.05) is 31.6 Å². The van der Waals surface area contributed by atoms with Gasteiger partial charge >= 0.3 is 6.18 Å². The Bertz CT molecular complexity index is 1160. The monoisotopic (exact) mass is 532 g/mol. The average Bonchev–Trinajstić information content (AvgIpc) is 2.89. The number of imide groups is 1. The lowest BCUT2D eigenvalue weighted by molar-refractivity contribution is -0.199. The lowest BCUT2D eigenvalue weighted by Crippen LogP contribution is -2.69. The highest BCUT2D eigenvalue weighted by Gasteiger charge is 2.57. The third kappa shape index (κ3) is 5.78. The number of nitrogens with zero attached hydrogens (tertiary/aromatic N) is 5. The van der Waals surface area contributed by atoms with Crippen molar-refractivity contribution in [2.75, 3.05) is 17.2 Å². The molecule has 1 aliphatic carbocycles. The van der Waals surface area contributed by atoms with Gasteiger partial charge in [0.25, 0.3) is 5.91 Å². The van der Waals surface area contributed by atoms with Crippen LogP contribution in [0.1, 0.15) is 51.0 Å². The zero-order valence-corrected chi connectivity index (χ0v) is 21.1. The van der Waals surface area contributed by atoms with Crippen LogP contribution in [0.3, 0.4) is 0 Å². The van der Waals surface area contributed by atoms with Gasteiger partial charge in [-0.2, -0.15) is 13.2 Å². The van der Waals surface area contributed by atoms with E-state index < -0.39 is 54.1 Å². The Hall–Kier alpha value is -3.57. The number of alkyl halides is 3. The Kier molecular flexibility index (Phi) is 8.27. The first-order chi connectivity index (χ1) is 18.1. The first-order valence-electron chi connectivity index (χ1n) is 12.8. The molecule has 2 aromatic heterocycles. The topological polar surface area (TPSA) is 122 Å². The van der Waals surface area contributed by atoms with E-state index in [1.165, 1.54) is 23.5 Å². The number of pyridine rings is 1. The molecule has 0 bridgehead atoms. The molecule has 4 rings (SSSR count). The molecule has 3 atom stereocenters. The summed E-state index contributed by atoms with van der Waals surface area (Å²) in [4.78, 5) is 54.3. The molecule has 2 fully saturated rings. The highest BCUT2D eigenvalue weighted by molar-refractivity contribution is 6.12. The van der Waals surface area contributed by atoms with E-state index in [1.807, 2.05) is 0 Å². The normalized spacial score (nSPS) is 21.1. The van der Waals surface area contributed by atoms with Crippen molar-refractivity contribution in [1.29, 1.82) is 0 Å². The fraction of sp³-hybridized carbons (Fsp3) is 0.538. The summed E-state index contributed by atoms with van der Waals surface area (Å²) in [5.41, 5.74) is 6.37. The molecule has 2 N–H and O–H groups in total. The lowest BCUT2D eigenvalue weighted by atomic mass is 9.76. The van der Waals surface area contributed by atoms with Gasteiger partial charge in [0.2, 0.25) is 17.8 Å². The molecule has 3 amide bonds. The zero-order chi connectivity index (χ0) is 27.4. The molecule has 1 saturated carbocycles. The number of carbonyl (C=O) groups is 3. The molecule has 0 unspecified atom stereocenters.